The van der Waals surface area contributed by atoms with E-state index in [4.69, 9.17) is 48.4 Å². The summed E-state index contributed by atoms with van der Waals surface area (Å²) in [4.78, 5) is 12.6. The number of rotatable bonds is 14. The molecule has 0 unspecified atom stereocenters. The fourth-order valence-corrected chi connectivity index (χ4v) is 8.23. The molecule has 0 atom stereocenters. The number of para-hydroxylation sites is 3. The number of benzene rings is 4. The van der Waals surface area contributed by atoms with Gasteiger partial charge in [0.2, 0.25) is 0 Å². The van der Waals surface area contributed by atoms with Crippen LogP contribution in [0.1, 0.15) is 117 Å². The summed E-state index contributed by atoms with van der Waals surface area (Å²) in [6.07, 6.45) is 20.5. The molecule has 0 radical (unpaired) electrons. The van der Waals surface area contributed by atoms with E-state index < -0.39 is 5.54 Å². The number of hydrogen-bond acceptors (Lipinski definition) is 8. The van der Waals surface area contributed by atoms with Gasteiger partial charge in [-0.05, 0) is 153 Å². The lowest BCUT2D eigenvalue weighted by molar-refractivity contribution is 0.304. The number of aromatic nitrogens is 3. The van der Waals surface area contributed by atoms with Gasteiger partial charge in [0.25, 0.3) is 0 Å². The molecule has 0 aliphatic heterocycles. The maximum atomic E-state index is 9.13. The molecule has 3 aromatic heterocycles. The number of nitrogens with zero attached hydrogens (tertiary/aromatic N) is 4. The second kappa shape index (κ2) is 24.5. The molecule has 3 fully saturated rings. The first-order chi connectivity index (χ1) is 32.4. The van der Waals surface area contributed by atoms with E-state index in [2.05, 4.69) is 65.2 Å². The second-order valence-corrected chi connectivity index (χ2v) is 19.5. The van der Waals surface area contributed by atoms with E-state index in [0.29, 0.717) is 23.9 Å². The molecule has 3 aliphatic carbocycles. The van der Waals surface area contributed by atoms with Gasteiger partial charge in [0.15, 0.2) is 0 Å². The first-order valence-corrected chi connectivity index (χ1v) is 23.9. The monoisotopic (exact) mass is 977 g/mol. The fraction of sp³-hybridized carbons (Fsp3) is 0.333. The molecule has 0 bridgehead atoms. The smallest absolute Gasteiger partial charge is 0.127 e. The maximum Gasteiger partial charge on any atom is 0.127 e. The summed E-state index contributed by atoms with van der Waals surface area (Å²) in [5.41, 5.74) is 16.0. The SMILES string of the molecule is C.C.C.CC(C)(CCc1cc(Cl)ccc1Cl)c1cnccc1-c1ccccc1OC1CC1.CC(C)(N)c1cnccc1-c1ccccc1OC1CC1.N#Cc1cnccc1-c1ccccc1OC1CC1. The molecule has 4 aromatic carbocycles. The van der Waals surface area contributed by atoms with Crippen molar-refractivity contribution < 1.29 is 14.2 Å². The van der Waals surface area contributed by atoms with Gasteiger partial charge in [0.05, 0.1) is 23.9 Å². The Labute approximate surface area is 427 Å². The first kappa shape index (κ1) is 54.7. The van der Waals surface area contributed by atoms with Crippen LogP contribution in [0.2, 0.25) is 10.0 Å². The van der Waals surface area contributed by atoms with Gasteiger partial charge < -0.3 is 19.9 Å². The number of pyridine rings is 3. The van der Waals surface area contributed by atoms with Crippen LogP contribution in [0.3, 0.4) is 0 Å². The molecule has 0 spiro atoms. The summed E-state index contributed by atoms with van der Waals surface area (Å²) in [5, 5.41) is 10.6. The third kappa shape index (κ3) is 14.4. The number of nitrogens with two attached hydrogens (primary N) is 1. The highest BCUT2D eigenvalue weighted by molar-refractivity contribution is 6.33. The van der Waals surface area contributed by atoms with Crippen LogP contribution in [-0.2, 0) is 17.4 Å². The van der Waals surface area contributed by atoms with Gasteiger partial charge >= 0.3 is 0 Å². The minimum Gasteiger partial charge on any atom is -0.490 e. The van der Waals surface area contributed by atoms with Gasteiger partial charge in [-0.3, -0.25) is 15.0 Å². The van der Waals surface area contributed by atoms with Crippen LogP contribution in [0, 0.1) is 11.3 Å². The van der Waals surface area contributed by atoms with Gasteiger partial charge in [-0.1, -0.05) is 114 Å². The highest BCUT2D eigenvalue weighted by Gasteiger charge is 2.30. The molecule has 2 N–H and O–H groups in total. The topological polar surface area (TPSA) is 116 Å². The lowest BCUT2D eigenvalue weighted by Crippen LogP contribution is -2.29. The van der Waals surface area contributed by atoms with Crippen LogP contribution < -0.4 is 19.9 Å². The van der Waals surface area contributed by atoms with Crippen molar-refractivity contribution in [2.45, 2.75) is 131 Å². The highest BCUT2D eigenvalue weighted by Crippen LogP contribution is 2.42. The maximum absolute atomic E-state index is 9.13. The van der Waals surface area contributed by atoms with Crippen LogP contribution in [0.4, 0.5) is 0 Å². The molecule has 10 heteroatoms. The molecule has 8 nitrogen and oxygen atoms in total. The van der Waals surface area contributed by atoms with Crippen molar-refractivity contribution in [3.05, 3.63) is 179 Å². The number of hydrogen-bond donors (Lipinski definition) is 1. The van der Waals surface area contributed by atoms with Crippen LogP contribution in [0.25, 0.3) is 33.4 Å². The number of aryl methyl sites for hydroxylation is 1. The molecule has 366 valence electrons. The van der Waals surface area contributed by atoms with Gasteiger partial charge in [-0.25, -0.2) is 0 Å². The van der Waals surface area contributed by atoms with Crippen molar-refractivity contribution in [2.75, 3.05) is 0 Å². The zero-order chi connectivity index (χ0) is 47.0. The van der Waals surface area contributed by atoms with Crippen molar-refractivity contribution >= 4 is 23.2 Å². The highest BCUT2D eigenvalue weighted by atomic mass is 35.5. The van der Waals surface area contributed by atoms with Gasteiger partial charge in [0, 0.05) is 75.0 Å². The molecular formula is C60H69Cl2N5O3. The van der Waals surface area contributed by atoms with E-state index in [1.165, 1.54) is 11.1 Å². The van der Waals surface area contributed by atoms with Crippen LogP contribution in [0.15, 0.2) is 146 Å². The summed E-state index contributed by atoms with van der Waals surface area (Å²) in [6.45, 7) is 8.52. The molecule has 3 heterocycles. The summed E-state index contributed by atoms with van der Waals surface area (Å²) >= 11 is 12.6. The Morgan fingerprint density at radius 2 is 0.971 bits per heavy atom. The minimum absolute atomic E-state index is 0. The summed E-state index contributed by atoms with van der Waals surface area (Å²) < 4.78 is 18.1. The van der Waals surface area contributed by atoms with Crippen molar-refractivity contribution in [3.63, 3.8) is 0 Å². The third-order valence-electron chi connectivity index (χ3n) is 12.0. The molecule has 70 heavy (non-hydrogen) atoms. The van der Waals surface area contributed by atoms with Gasteiger partial charge in [-0.15, -0.1) is 0 Å². The lowest BCUT2D eigenvalue weighted by Gasteiger charge is -2.28. The molecular weight excluding hydrogens is 910 g/mol. The quantitative estimate of drug-likeness (QED) is 0.115. The Hall–Kier alpha value is -6.24. The Bertz CT molecular complexity index is 2840. The van der Waals surface area contributed by atoms with Crippen LogP contribution in [0.5, 0.6) is 17.2 Å². The van der Waals surface area contributed by atoms with E-state index in [1.807, 2.05) is 111 Å². The zero-order valence-corrected chi connectivity index (χ0v) is 40.1. The average molecular weight is 979 g/mol. The van der Waals surface area contributed by atoms with E-state index in [9.17, 15) is 0 Å². The van der Waals surface area contributed by atoms with E-state index in [1.54, 1.807) is 18.6 Å². The fourth-order valence-electron chi connectivity index (χ4n) is 7.82. The molecule has 7 aromatic rings. The predicted molar refractivity (Wildman–Crippen MR) is 290 cm³/mol. The Morgan fingerprint density at radius 1 is 0.557 bits per heavy atom. The second-order valence-electron chi connectivity index (χ2n) is 18.7. The van der Waals surface area contributed by atoms with E-state index in [0.717, 1.165) is 118 Å². The molecule has 0 amide bonds. The number of nitriles is 1. The normalized spacial score (nSPS) is 13.7. The third-order valence-corrected chi connectivity index (χ3v) is 12.6. The summed E-state index contributed by atoms with van der Waals surface area (Å²) in [7, 11) is 0. The van der Waals surface area contributed by atoms with Crippen molar-refractivity contribution in [2.24, 2.45) is 5.73 Å². The van der Waals surface area contributed by atoms with Crippen molar-refractivity contribution in [1.82, 2.24) is 15.0 Å². The van der Waals surface area contributed by atoms with Crippen molar-refractivity contribution in [3.8, 4) is 56.7 Å². The van der Waals surface area contributed by atoms with Gasteiger partial charge in [-0.2, -0.15) is 5.26 Å². The zero-order valence-electron chi connectivity index (χ0n) is 38.6. The van der Waals surface area contributed by atoms with E-state index >= 15 is 0 Å². The summed E-state index contributed by atoms with van der Waals surface area (Å²) in [6, 6.07) is 38.1. The molecule has 3 aliphatic rings. The van der Waals surface area contributed by atoms with Gasteiger partial charge in [0.1, 0.15) is 23.3 Å². The number of halogens is 2. The summed E-state index contributed by atoms with van der Waals surface area (Å²) in [5.74, 6) is 2.74. The minimum atomic E-state index is -0.434. The first-order valence-electron chi connectivity index (χ1n) is 23.1. The number of ether oxygens (including phenoxy) is 3. The molecule has 0 saturated heterocycles. The largest absolute Gasteiger partial charge is 0.490 e. The Kier molecular flexibility index (Phi) is 19.2. The molecule has 10 rings (SSSR count). The Morgan fingerprint density at radius 3 is 1.43 bits per heavy atom. The van der Waals surface area contributed by atoms with Crippen LogP contribution in [-0.4, -0.2) is 33.3 Å². The van der Waals surface area contributed by atoms with Crippen LogP contribution >= 0.6 is 23.2 Å². The van der Waals surface area contributed by atoms with E-state index in [-0.39, 0.29) is 27.7 Å². The average Bonchev–Trinajstić information content (AvgIpc) is 4.19. The predicted octanol–water partition coefficient (Wildman–Crippen LogP) is 16.1. The lowest BCUT2D eigenvalue weighted by atomic mass is 9.77. The molecule has 3 saturated carbocycles. The Balaban J connectivity index is 0.000000198. The standard InChI is InChI=1S/C25H25Cl2NO.C17H20N2O.C15H12N2O.3CH4/c1-25(2,13-11-17-15-18(26)7-10-23(17)27)22-16-28-14-12-20(22)21-5-3-4-6-24(21)29-19-8-9-19;1-17(2,18)15-11-19-10-9-13(15)14-5-3-4-6-16(14)20-12-7-8-12;16-9-11-10-17-8-7-13(11)14-3-1-2-4-15(14)18-12-5-6-12;;;/h3-7,10,12,14-16,19H,8-9,11,13H2,1-2H3;3-6,9-12H,7-8,18H2,1-2H3;1-4,7-8,10,12H,5-6H2;3*1H4. The van der Waals surface area contributed by atoms with Crippen molar-refractivity contribution in [1.29, 1.82) is 5.26 Å².